The largest absolute Gasteiger partial charge is 0.463 e. The Hall–Kier alpha value is -3.27. The molecule has 2 aromatic carbocycles. The number of amides is 1. The predicted octanol–water partition coefficient (Wildman–Crippen LogP) is 1.98. The van der Waals surface area contributed by atoms with Gasteiger partial charge in [0.15, 0.2) is 0 Å². The number of hydrogen-bond donors (Lipinski definition) is 3. The van der Waals surface area contributed by atoms with E-state index in [0.29, 0.717) is 24.1 Å². The first kappa shape index (κ1) is 26.3. The zero-order valence-electron chi connectivity index (χ0n) is 19.8. The molecule has 1 aliphatic rings. The van der Waals surface area contributed by atoms with E-state index in [1.807, 2.05) is 24.3 Å². The number of esters is 2. The van der Waals surface area contributed by atoms with Gasteiger partial charge in [-0.25, -0.2) is 0 Å². The Morgan fingerprint density at radius 2 is 1.60 bits per heavy atom. The van der Waals surface area contributed by atoms with Crippen LogP contribution in [-0.4, -0.2) is 58.6 Å². The van der Waals surface area contributed by atoms with Crippen LogP contribution in [0.2, 0.25) is 0 Å². The van der Waals surface area contributed by atoms with Crippen molar-refractivity contribution in [1.29, 1.82) is 0 Å². The second kappa shape index (κ2) is 11.4. The Morgan fingerprint density at radius 3 is 2.09 bits per heavy atom. The summed E-state index contributed by atoms with van der Waals surface area (Å²) in [6.45, 7) is 1.56. The zero-order chi connectivity index (χ0) is 25.6. The molecule has 1 saturated heterocycles. The van der Waals surface area contributed by atoms with Crippen molar-refractivity contribution in [2.75, 3.05) is 24.7 Å². The molecular weight excluding hydrogens is 454 g/mol. The van der Waals surface area contributed by atoms with Gasteiger partial charge >= 0.3 is 11.9 Å². The number of ether oxygens (including phenoxy) is 2. The number of benzene rings is 2. The van der Waals surface area contributed by atoms with Gasteiger partial charge in [-0.1, -0.05) is 36.4 Å². The van der Waals surface area contributed by atoms with Crippen LogP contribution in [-0.2, 0) is 30.3 Å². The average Bonchev–Trinajstić information content (AvgIpc) is 2.84. The highest BCUT2D eigenvalue weighted by atomic mass is 16.6. The number of anilines is 1. The van der Waals surface area contributed by atoms with Crippen molar-refractivity contribution in [2.24, 2.45) is 0 Å². The number of β-lactam (4-membered cyclic amide) rings is 1. The highest BCUT2D eigenvalue weighted by Gasteiger charge is 2.38. The molecule has 3 rings (SSSR count). The van der Waals surface area contributed by atoms with E-state index in [-0.39, 0.29) is 38.2 Å². The van der Waals surface area contributed by atoms with Gasteiger partial charge in [-0.15, -0.1) is 0 Å². The summed E-state index contributed by atoms with van der Waals surface area (Å²) in [4.78, 5) is 36.3. The molecule has 0 spiro atoms. The van der Waals surface area contributed by atoms with E-state index in [1.54, 1.807) is 29.2 Å². The van der Waals surface area contributed by atoms with Gasteiger partial charge in [0.1, 0.15) is 24.9 Å². The Morgan fingerprint density at radius 1 is 1.03 bits per heavy atom. The van der Waals surface area contributed by atoms with E-state index in [4.69, 9.17) is 14.6 Å². The summed E-state index contributed by atoms with van der Waals surface area (Å²) in [6, 6.07) is 14.4. The highest BCUT2D eigenvalue weighted by Crippen LogP contribution is 2.39. The third-order valence-corrected chi connectivity index (χ3v) is 6.01. The fraction of sp³-hybridized carbons (Fsp3) is 0.423. The summed E-state index contributed by atoms with van der Waals surface area (Å²) in [5, 5.41) is 29.6. The maximum atomic E-state index is 12.3. The van der Waals surface area contributed by atoms with Crippen LogP contribution in [0.15, 0.2) is 48.5 Å². The maximum Gasteiger partial charge on any atom is 0.302 e. The van der Waals surface area contributed by atoms with E-state index in [1.165, 1.54) is 13.8 Å². The lowest BCUT2D eigenvalue weighted by Crippen LogP contribution is -2.46. The quantitative estimate of drug-likeness (QED) is 0.325. The number of carbonyl (C=O) groups is 3. The minimum Gasteiger partial charge on any atom is -0.463 e. The molecule has 1 amide bonds. The number of nitrogens with zero attached hydrogens (tertiary/aromatic N) is 1. The zero-order valence-corrected chi connectivity index (χ0v) is 19.8. The number of rotatable bonds is 11. The fourth-order valence-electron chi connectivity index (χ4n) is 3.91. The van der Waals surface area contributed by atoms with Crippen molar-refractivity contribution in [3.05, 3.63) is 65.2 Å². The van der Waals surface area contributed by atoms with Gasteiger partial charge in [0.2, 0.25) is 5.91 Å². The molecule has 188 valence electrons. The molecule has 2 aromatic rings. The van der Waals surface area contributed by atoms with E-state index in [2.05, 4.69) is 0 Å². The van der Waals surface area contributed by atoms with E-state index >= 15 is 0 Å². The lowest BCUT2D eigenvalue weighted by molar-refractivity contribution is -0.161. The summed E-state index contributed by atoms with van der Waals surface area (Å²) in [5.74, 6) is -1.07. The third-order valence-electron chi connectivity index (χ3n) is 6.01. The number of aliphatic hydroxyl groups excluding tert-OH is 2. The summed E-state index contributed by atoms with van der Waals surface area (Å²) >= 11 is 0. The maximum absolute atomic E-state index is 12.3. The lowest BCUT2D eigenvalue weighted by Gasteiger charge is -2.41. The van der Waals surface area contributed by atoms with Crippen molar-refractivity contribution in [2.45, 2.75) is 50.9 Å². The van der Waals surface area contributed by atoms with Gasteiger partial charge in [0, 0.05) is 19.5 Å². The Bertz CT molecular complexity index is 1020. The van der Waals surface area contributed by atoms with Crippen LogP contribution in [0.5, 0.6) is 0 Å². The van der Waals surface area contributed by atoms with Gasteiger partial charge in [-0.05, 0) is 41.7 Å². The molecule has 2 unspecified atom stereocenters. The van der Waals surface area contributed by atoms with Crippen LogP contribution in [0.1, 0.15) is 55.5 Å². The number of aryl methyl sites for hydroxylation is 1. The highest BCUT2D eigenvalue weighted by molar-refractivity contribution is 6.01. The predicted molar refractivity (Wildman–Crippen MR) is 126 cm³/mol. The van der Waals surface area contributed by atoms with Gasteiger partial charge < -0.3 is 29.7 Å². The lowest BCUT2D eigenvalue weighted by atomic mass is 9.90. The van der Waals surface area contributed by atoms with Crippen LogP contribution in [0.3, 0.4) is 0 Å². The normalized spacial score (nSPS) is 16.4. The molecule has 0 radical (unpaired) electrons. The van der Waals surface area contributed by atoms with Crippen LogP contribution < -0.4 is 4.90 Å². The van der Waals surface area contributed by atoms with Crippen molar-refractivity contribution in [1.82, 2.24) is 0 Å². The van der Waals surface area contributed by atoms with Gasteiger partial charge in [-0.3, -0.25) is 14.4 Å². The van der Waals surface area contributed by atoms with Crippen LogP contribution in [0, 0.1) is 0 Å². The Kier molecular flexibility index (Phi) is 8.61. The summed E-state index contributed by atoms with van der Waals surface area (Å²) in [6.07, 6.45) is 0.0965. The second-order valence-electron chi connectivity index (χ2n) is 8.80. The summed E-state index contributed by atoms with van der Waals surface area (Å²) < 4.78 is 9.89. The molecule has 0 saturated carbocycles. The number of hydrogen-bond acceptors (Lipinski definition) is 8. The topological polar surface area (TPSA) is 134 Å². The molecule has 1 heterocycles. The first-order valence-electron chi connectivity index (χ1n) is 11.4. The van der Waals surface area contributed by atoms with Crippen molar-refractivity contribution in [3.8, 4) is 0 Å². The van der Waals surface area contributed by atoms with E-state index in [0.717, 1.165) is 11.1 Å². The Balaban J connectivity index is 1.64. The molecule has 1 aliphatic heterocycles. The van der Waals surface area contributed by atoms with Crippen LogP contribution in [0.4, 0.5) is 5.69 Å². The molecule has 0 aromatic heterocycles. The summed E-state index contributed by atoms with van der Waals surface area (Å²) in [5.41, 5.74) is 1.68. The molecule has 9 heteroatoms. The van der Waals surface area contributed by atoms with E-state index in [9.17, 15) is 24.6 Å². The SMILES string of the molecule is CC(=O)OCC(O)(CCc1ccc(C2CC(=O)N2c2ccc(C(O)CO)cc2)cc1)COC(C)=O. The number of carbonyl (C=O) groups excluding carboxylic acids is 3. The van der Waals surface area contributed by atoms with Crippen molar-refractivity contribution >= 4 is 23.5 Å². The second-order valence-corrected chi connectivity index (χ2v) is 8.80. The molecule has 0 aliphatic carbocycles. The minimum atomic E-state index is -1.50. The molecule has 2 atom stereocenters. The summed E-state index contributed by atoms with van der Waals surface area (Å²) in [7, 11) is 0. The van der Waals surface area contributed by atoms with Gasteiger partial charge in [-0.2, -0.15) is 0 Å². The van der Waals surface area contributed by atoms with Gasteiger partial charge in [0.25, 0.3) is 0 Å². The first-order chi connectivity index (χ1) is 16.6. The smallest absolute Gasteiger partial charge is 0.302 e. The standard InChI is InChI=1S/C26H31NO8/c1-17(29)34-15-26(33,16-35-18(2)30)12-11-19-3-5-20(6-4-19)23-13-25(32)27(23)22-9-7-21(8-10-22)24(31)14-28/h3-10,23-24,28,31,33H,11-16H2,1-2H3. The van der Waals surface area contributed by atoms with Crippen LogP contribution >= 0.6 is 0 Å². The molecular formula is C26H31NO8. The first-order valence-corrected chi connectivity index (χ1v) is 11.4. The van der Waals surface area contributed by atoms with Crippen LogP contribution in [0.25, 0.3) is 0 Å². The number of aliphatic hydroxyl groups is 3. The van der Waals surface area contributed by atoms with E-state index < -0.39 is 23.6 Å². The van der Waals surface area contributed by atoms with Crippen molar-refractivity contribution < 1.29 is 39.2 Å². The van der Waals surface area contributed by atoms with Gasteiger partial charge in [0.05, 0.1) is 19.1 Å². The monoisotopic (exact) mass is 485 g/mol. The average molecular weight is 486 g/mol. The molecule has 3 N–H and O–H groups in total. The fourth-order valence-corrected chi connectivity index (χ4v) is 3.91. The Labute approximate surface area is 203 Å². The molecule has 0 bridgehead atoms. The molecule has 1 fully saturated rings. The molecule has 35 heavy (non-hydrogen) atoms. The van der Waals surface area contributed by atoms with Crippen molar-refractivity contribution in [3.63, 3.8) is 0 Å². The third kappa shape index (κ3) is 6.88. The minimum absolute atomic E-state index is 0.00413. The molecule has 9 nitrogen and oxygen atoms in total.